The van der Waals surface area contributed by atoms with Crippen LogP contribution in [0, 0.1) is 13.8 Å². The zero-order chi connectivity index (χ0) is 32.7. The molecule has 3 aromatic carbocycles. The number of fused-ring (bicyclic) bond motifs is 1. The van der Waals surface area contributed by atoms with Crippen molar-refractivity contribution in [2.45, 2.75) is 39.7 Å². The largest absolute Gasteiger partial charge is 0.493 e. The number of hydroxylamine groups is 1. The number of para-hydroxylation sites is 1. The van der Waals surface area contributed by atoms with Crippen LogP contribution in [0.25, 0.3) is 11.1 Å². The highest BCUT2D eigenvalue weighted by atomic mass is 32.2. The van der Waals surface area contributed by atoms with E-state index < -0.39 is 16.1 Å². The first-order chi connectivity index (χ1) is 22.1. The van der Waals surface area contributed by atoms with Crippen LogP contribution >= 0.6 is 0 Å². The first-order valence-corrected chi connectivity index (χ1v) is 16.7. The smallest absolute Gasteiger partial charge is 0.344 e. The fraction of sp³-hybridized carbons (Fsp3) is 0.303. The fourth-order valence-electron chi connectivity index (χ4n) is 5.11. The predicted octanol–water partition coefficient (Wildman–Crippen LogP) is 5.20. The summed E-state index contributed by atoms with van der Waals surface area (Å²) < 4.78 is 40.4. The summed E-state index contributed by atoms with van der Waals surface area (Å²) in [4.78, 5) is 27.2. The number of aryl methyl sites for hydroxylation is 1. The zero-order valence-electron chi connectivity index (χ0n) is 26.0. The van der Waals surface area contributed by atoms with Crippen molar-refractivity contribution in [2.75, 3.05) is 36.2 Å². The molecule has 0 radical (unpaired) electrons. The number of nitrogens with one attached hydrogen (secondary N) is 2. The third-order valence-electron chi connectivity index (χ3n) is 7.47. The molecule has 0 unspecified atom stereocenters. The maximum absolute atomic E-state index is 13.4. The molecule has 2 N–H and O–H groups in total. The molecule has 13 heteroatoms. The highest BCUT2D eigenvalue weighted by molar-refractivity contribution is 7.85. The van der Waals surface area contributed by atoms with Gasteiger partial charge in [-0.15, -0.1) is 4.28 Å². The average Bonchev–Trinajstić information content (AvgIpc) is 3.36. The van der Waals surface area contributed by atoms with Crippen LogP contribution < -0.4 is 25.2 Å². The van der Waals surface area contributed by atoms with Gasteiger partial charge < -0.3 is 19.7 Å². The number of benzene rings is 3. The maximum atomic E-state index is 13.4. The van der Waals surface area contributed by atoms with Crippen molar-refractivity contribution in [1.29, 1.82) is 0 Å². The second-order valence-electron chi connectivity index (χ2n) is 11.0. The third-order valence-corrected chi connectivity index (χ3v) is 7.85. The number of urea groups is 1. The Labute approximate surface area is 268 Å². The van der Waals surface area contributed by atoms with Crippen molar-refractivity contribution in [1.82, 2.24) is 15.3 Å². The SMILES string of the molecule is Cc1cccc(OCCCC(=O)N2CCCOc3c(-c4cnn(Cc5cccc(NC(=O)NOS(C)(=O)=O)c5)c4)cccc32)c1C. The van der Waals surface area contributed by atoms with Crippen molar-refractivity contribution < 1.29 is 31.8 Å². The van der Waals surface area contributed by atoms with E-state index in [1.165, 1.54) is 5.56 Å². The highest BCUT2D eigenvalue weighted by Crippen LogP contribution is 2.40. The first kappa shape index (κ1) is 32.5. The Kier molecular flexibility index (Phi) is 10.2. The van der Waals surface area contributed by atoms with Crippen LogP contribution in [-0.4, -0.2) is 56.2 Å². The summed E-state index contributed by atoms with van der Waals surface area (Å²) in [5, 5.41) is 7.06. The summed E-state index contributed by atoms with van der Waals surface area (Å²) >= 11 is 0. The number of amides is 3. The maximum Gasteiger partial charge on any atom is 0.344 e. The molecule has 2 heterocycles. The summed E-state index contributed by atoms with van der Waals surface area (Å²) in [5.74, 6) is 1.52. The van der Waals surface area contributed by atoms with Crippen LogP contribution in [0.5, 0.6) is 11.5 Å². The number of anilines is 2. The van der Waals surface area contributed by atoms with Gasteiger partial charge in [0.25, 0.3) is 10.1 Å². The Morgan fingerprint density at radius 1 is 1.07 bits per heavy atom. The number of nitrogens with zero attached hydrogens (tertiary/aromatic N) is 3. The summed E-state index contributed by atoms with van der Waals surface area (Å²) in [6.45, 7) is 6.00. The Bertz CT molecular complexity index is 1820. The van der Waals surface area contributed by atoms with Crippen LogP contribution in [0.4, 0.5) is 16.2 Å². The standard InChI is InChI=1S/C33H37N5O7S/c1-23-9-4-14-30(24(23)2)43-17-7-15-31(39)38-16-8-18-44-32-28(12-6-13-29(32)38)26-20-34-37(22-26)21-25-10-5-11-27(19-25)35-33(40)36-45-46(3,41)42/h4-6,9-14,19-20,22H,7-8,15-18,21H2,1-3H3,(H2,35,36,40). The number of ether oxygens (including phenoxy) is 2. The van der Waals surface area contributed by atoms with Gasteiger partial charge in [0.15, 0.2) is 5.75 Å². The van der Waals surface area contributed by atoms with Gasteiger partial charge in [0.2, 0.25) is 5.91 Å². The van der Waals surface area contributed by atoms with Crippen molar-refractivity contribution in [3.05, 3.63) is 89.7 Å². The van der Waals surface area contributed by atoms with Crippen molar-refractivity contribution in [2.24, 2.45) is 0 Å². The molecule has 5 rings (SSSR count). The van der Waals surface area contributed by atoms with E-state index in [2.05, 4.69) is 27.7 Å². The molecule has 3 amide bonds. The van der Waals surface area contributed by atoms with Crippen LogP contribution in [0.15, 0.2) is 73.1 Å². The van der Waals surface area contributed by atoms with Gasteiger partial charge in [0, 0.05) is 36.0 Å². The minimum atomic E-state index is -3.83. The normalized spacial score (nSPS) is 12.9. The molecule has 0 atom stereocenters. The lowest BCUT2D eigenvalue weighted by Gasteiger charge is -2.23. The average molecular weight is 648 g/mol. The molecule has 1 aromatic heterocycles. The van der Waals surface area contributed by atoms with Gasteiger partial charge in [-0.3, -0.25) is 9.48 Å². The number of carbonyl (C=O) groups is 2. The van der Waals surface area contributed by atoms with E-state index in [-0.39, 0.29) is 5.91 Å². The molecule has 0 saturated carbocycles. The van der Waals surface area contributed by atoms with E-state index in [1.54, 1.807) is 29.1 Å². The molecule has 1 aliphatic heterocycles. The van der Waals surface area contributed by atoms with Gasteiger partial charge in [-0.05, 0) is 67.6 Å². The van der Waals surface area contributed by atoms with Gasteiger partial charge in [-0.1, -0.05) is 36.4 Å². The quantitative estimate of drug-likeness (QED) is 0.167. The second-order valence-corrected chi connectivity index (χ2v) is 12.6. The van der Waals surface area contributed by atoms with Crippen LogP contribution in [0.1, 0.15) is 36.0 Å². The Hall–Kier alpha value is -4.88. The minimum Gasteiger partial charge on any atom is -0.493 e. The molecular weight excluding hydrogens is 610 g/mol. The van der Waals surface area contributed by atoms with Gasteiger partial charge >= 0.3 is 6.03 Å². The topological polar surface area (TPSA) is 141 Å². The molecule has 46 heavy (non-hydrogen) atoms. The van der Waals surface area contributed by atoms with Crippen LogP contribution in [-0.2, 0) is 25.7 Å². The zero-order valence-corrected chi connectivity index (χ0v) is 26.8. The lowest BCUT2D eigenvalue weighted by atomic mass is 10.1. The number of rotatable bonds is 11. The fourth-order valence-corrected chi connectivity index (χ4v) is 5.33. The Balaban J connectivity index is 1.24. The van der Waals surface area contributed by atoms with Gasteiger partial charge in [0.05, 0.1) is 37.9 Å². The van der Waals surface area contributed by atoms with E-state index in [0.29, 0.717) is 57.0 Å². The molecule has 4 aromatic rings. The van der Waals surface area contributed by atoms with Crippen molar-refractivity contribution in [3.63, 3.8) is 0 Å². The van der Waals surface area contributed by atoms with Gasteiger partial charge in [-0.2, -0.15) is 19.0 Å². The lowest BCUT2D eigenvalue weighted by molar-refractivity contribution is -0.118. The number of carbonyl (C=O) groups excluding carboxylic acids is 2. The van der Waals surface area contributed by atoms with E-state index in [9.17, 15) is 18.0 Å². The molecule has 242 valence electrons. The first-order valence-electron chi connectivity index (χ1n) is 14.9. The van der Waals surface area contributed by atoms with Gasteiger partial charge in [0.1, 0.15) is 5.75 Å². The van der Waals surface area contributed by atoms with E-state index in [0.717, 1.165) is 39.9 Å². The lowest BCUT2D eigenvalue weighted by Crippen LogP contribution is -2.31. The molecule has 0 fully saturated rings. The summed E-state index contributed by atoms with van der Waals surface area (Å²) in [7, 11) is -3.83. The molecule has 0 bridgehead atoms. The second kappa shape index (κ2) is 14.5. The van der Waals surface area contributed by atoms with Gasteiger partial charge in [-0.25, -0.2) is 4.79 Å². The minimum absolute atomic E-state index is 0.0224. The molecule has 0 saturated heterocycles. The molecule has 0 aliphatic carbocycles. The van der Waals surface area contributed by atoms with Crippen molar-refractivity contribution in [3.8, 4) is 22.6 Å². The van der Waals surface area contributed by atoms with Crippen LogP contribution in [0.2, 0.25) is 0 Å². The molecule has 0 spiro atoms. The molecular formula is C33H37N5O7S. The third kappa shape index (κ3) is 8.43. The highest BCUT2D eigenvalue weighted by Gasteiger charge is 2.25. The Morgan fingerprint density at radius 3 is 2.70 bits per heavy atom. The monoisotopic (exact) mass is 647 g/mol. The predicted molar refractivity (Wildman–Crippen MR) is 174 cm³/mol. The number of hydrogen-bond donors (Lipinski definition) is 2. The van der Waals surface area contributed by atoms with Crippen LogP contribution in [0.3, 0.4) is 0 Å². The van der Waals surface area contributed by atoms with E-state index in [1.807, 2.05) is 59.9 Å². The number of hydrogen-bond acceptors (Lipinski definition) is 8. The molecule has 12 nitrogen and oxygen atoms in total. The summed E-state index contributed by atoms with van der Waals surface area (Å²) in [5.41, 5.74) is 7.80. The Morgan fingerprint density at radius 2 is 1.87 bits per heavy atom. The molecule has 1 aliphatic rings. The number of aromatic nitrogens is 2. The summed E-state index contributed by atoms with van der Waals surface area (Å²) in [6.07, 6.45) is 6.13. The van der Waals surface area contributed by atoms with Crippen molar-refractivity contribution >= 4 is 33.4 Å². The van der Waals surface area contributed by atoms with E-state index >= 15 is 0 Å². The summed E-state index contributed by atoms with van der Waals surface area (Å²) in [6, 6.07) is 18.0. The van der Waals surface area contributed by atoms with E-state index in [4.69, 9.17) is 9.47 Å².